The summed E-state index contributed by atoms with van der Waals surface area (Å²) < 4.78 is 0. The molecule has 0 aromatic rings. The second-order valence-electron chi connectivity index (χ2n) is 5.56. The Bertz CT molecular complexity index is 277. The highest BCUT2D eigenvalue weighted by molar-refractivity contribution is 14.0. The number of aliphatic imine (C=N–C) groups is 1. The molecule has 0 spiro atoms. The van der Waals surface area contributed by atoms with Gasteiger partial charge in [-0.3, -0.25) is 9.89 Å². The predicted molar refractivity (Wildman–Crippen MR) is 92.4 cm³/mol. The Labute approximate surface area is 134 Å². The van der Waals surface area contributed by atoms with Crippen molar-refractivity contribution in [3.8, 4) is 0 Å². The first-order valence-corrected chi connectivity index (χ1v) is 7.54. The van der Waals surface area contributed by atoms with E-state index in [9.17, 15) is 0 Å². The van der Waals surface area contributed by atoms with Crippen LogP contribution >= 0.6 is 24.0 Å². The van der Waals surface area contributed by atoms with Gasteiger partial charge in [0.25, 0.3) is 0 Å². The van der Waals surface area contributed by atoms with Crippen LogP contribution in [-0.2, 0) is 0 Å². The van der Waals surface area contributed by atoms with Crippen molar-refractivity contribution in [1.29, 1.82) is 0 Å². The second kappa shape index (κ2) is 9.00. The average Bonchev–Trinajstić information content (AvgIpc) is 3.04. The molecule has 1 saturated carbocycles. The Kier molecular flexibility index (Phi) is 8.06. The molecule has 1 aliphatic heterocycles. The number of halogens is 1. The van der Waals surface area contributed by atoms with Gasteiger partial charge in [0.05, 0.1) is 0 Å². The van der Waals surface area contributed by atoms with Crippen molar-refractivity contribution in [3.05, 3.63) is 0 Å². The lowest BCUT2D eigenvalue weighted by molar-refractivity contribution is 0.242. The molecule has 19 heavy (non-hydrogen) atoms. The molecule has 1 aliphatic carbocycles. The molecule has 0 amide bonds. The van der Waals surface area contributed by atoms with E-state index in [-0.39, 0.29) is 24.0 Å². The van der Waals surface area contributed by atoms with Crippen molar-refractivity contribution < 1.29 is 0 Å². The minimum atomic E-state index is 0. The number of guanidine groups is 1. The number of likely N-dealkylation sites (tertiary alicyclic amines) is 1. The van der Waals surface area contributed by atoms with Gasteiger partial charge in [-0.2, -0.15) is 0 Å². The Morgan fingerprint density at radius 1 is 1.26 bits per heavy atom. The van der Waals surface area contributed by atoms with Crippen LogP contribution < -0.4 is 10.6 Å². The standard InChI is InChI=1S/C14H28N4.HI/c1-3-9-16-14(15-2)17-12-8-10-18(11-12)13-6-4-5-7-13;/h12-13H,3-11H2,1-2H3,(H2,15,16,17);1H. The lowest BCUT2D eigenvalue weighted by Gasteiger charge is -2.24. The van der Waals surface area contributed by atoms with Crippen LogP contribution in [-0.4, -0.2) is 49.6 Å². The van der Waals surface area contributed by atoms with E-state index in [1.807, 2.05) is 7.05 Å². The molecule has 0 aromatic carbocycles. The van der Waals surface area contributed by atoms with Crippen molar-refractivity contribution in [1.82, 2.24) is 15.5 Å². The minimum Gasteiger partial charge on any atom is -0.356 e. The molecule has 0 bridgehead atoms. The molecular weight excluding hydrogens is 351 g/mol. The number of nitrogens with one attached hydrogen (secondary N) is 2. The van der Waals surface area contributed by atoms with Crippen molar-refractivity contribution in [2.75, 3.05) is 26.7 Å². The zero-order valence-corrected chi connectivity index (χ0v) is 14.7. The second-order valence-corrected chi connectivity index (χ2v) is 5.56. The topological polar surface area (TPSA) is 39.7 Å². The van der Waals surface area contributed by atoms with Gasteiger partial charge in [-0.15, -0.1) is 24.0 Å². The number of hydrogen-bond donors (Lipinski definition) is 2. The van der Waals surface area contributed by atoms with Crippen molar-refractivity contribution in [2.45, 2.75) is 57.5 Å². The minimum absolute atomic E-state index is 0. The van der Waals surface area contributed by atoms with E-state index in [0.29, 0.717) is 6.04 Å². The Balaban J connectivity index is 0.00000180. The quantitative estimate of drug-likeness (QED) is 0.446. The van der Waals surface area contributed by atoms with Crippen LogP contribution in [0, 0.1) is 0 Å². The number of nitrogens with zero attached hydrogens (tertiary/aromatic N) is 2. The molecule has 2 fully saturated rings. The van der Waals surface area contributed by atoms with E-state index in [1.54, 1.807) is 0 Å². The zero-order chi connectivity index (χ0) is 12.8. The fourth-order valence-corrected chi connectivity index (χ4v) is 3.14. The monoisotopic (exact) mass is 380 g/mol. The molecule has 0 radical (unpaired) electrons. The van der Waals surface area contributed by atoms with Gasteiger partial charge in [0.1, 0.15) is 0 Å². The van der Waals surface area contributed by atoms with Gasteiger partial charge in [0.2, 0.25) is 0 Å². The Morgan fingerprint density at radius 3 is 2.63 bits per heavy atom. The molecule has 5 heteroatoms. The zero-order valence-electron chi connectivity index (χ0n) is 12.3. The van der Waals surface area contributed by atoms with E-state index >= 15 is 0 Å². The molecule has 112 valence electrons. The molecule has 2 aliphatic rings. The maximum Gasteiger partial charge on any atom is 0.191 e. The summed E-state index contributed by atoms with van der Waals surface area (Å²) >= 11 is 0. The third-order valence-electron chi connectivity index (χ3n) is 4.17. The van der Waals surface area contributed by atoms with Crippen molar-refractivity contribution in [3.63, 3.8) is 0 Å². The van der Waals surface area contributed by atoms with Gasteiger partial charge < -0.3 is 10.6 Å². The summed E-state index contributed by atoms with van der Waals surface area (Å²) in [5, 5.41) is 6.90. The molecule has 1 unspecified atom stereocenters. The molecule has 4 nitrogen and oxygen atoms in total. The molecule has 2 rings (SSSR count). The molecule has 1 saturated heterocycles. The maximum absolute atomic E-state index is 4.29. The third kappa shape index (κ3) is 5.10. The molecule has 1 atom stereocenters. The summed E-state index contributed by atoms with van der Waals surface area (Å²) in [5.41, 5.74) is 0. The first-order valence-electron chi connectivity index (χ1n) is 7.54. The lowest BCUT2D eigenvalue weighted by Crippen LogP contribution is -2.45. The van der Waals surface area contributed by atoms with E-state index in [4.69, 9.17) is 0 Å². The van der Waals surface area contributed by atoms with Gasteiger partial charge in [-0.25, -0.2) is 0 Å². The van der Waals surface area contributed by atoms with Gasteiger partial charge in [-0.05, 0) is 25.7 Å². The maximum atomic E-state index is 4.29. The van der Waals surface area contributed by atoms with Crippen molar-refractivity contribution in [2.24, 2.45) is 4.99 Å². The number of hydrogen-bond acceptors (Lipinski definition) is 2. The first kappa shape index (κ1) is 17.0. The van der Waals surface area contributed by atoms with Crippen LogP contribution in [0.2, 0.25) is 0 Å². The van der Waals surface area contributed by atoms with Crippen molar-refractivity contribution >= 4 is 29.9 Å². The highest BCUT2D eigenvalue weighted by Crippen LogP contribution is 2.26. The van der Waals surface area contributed by atoms with Gasteiger partial charge in [-0.1, -0.05) is 19.8 Å². The largest absolute Gasteiger partial charge is 0.356 e. The van der Waals surface area contributed by atoms with E-state index in [2.05, 4.69) is 27.4 Å². The van der Waals surface area contributed by atoms with E-state index in [1.165, 1.54) is 45.2 Å². The smallest absolute Gasteiger partial charge is 0.191 e. The van der Waals surface area contributed by atoms with Gasteiger partial charge >= 0.3 is 0 Å². The highest BCUT2D eigenvalue weighted by Gasteiger charge is 2.30. The Hall–Kier alpha value is -0.0400. The molecule has 0 aromatic heterocycles. The SMILES string of the molecule is CCCNC(=NC)NC1CCN(C2CCCC2)C1.I. The Morgan fingerprint density at radius 2 is 2.00 bits per heavy atom. The van der Waals surface area contributed by atoms with Crippen LogP contribution in [0.4, 0.5) is 0 Å². The third-order valence-corrected chi connectivity index (χ3v) is 4.17. The summed E-state index contributed by atoms with van der Waals surface area (Å²) in [6, 6.07) is 1.44. The van der Waals surface area contributed by atoms with Crippen LogP contribution in [0.15, 0.2) is 4.99 Å². The fraction of sp³-hybridized carbons (Fsp3) is 0.929. The summed E-state index contributed by atoms with van der Waals surface area (Å²) in [4.78, 5) is 6.97. The summed E-state index contributed by atoms with van der Waals surface area (Å²) in [5.74, 6) is 0.968. The average molecular weight is 380 g/mol. The van der Waals surface area contributed by atoms with Crippen LogP contribution in [0.25, 0.3) is 0 Å². The molecule has 2 N–H and O–H groups in total. The fourth-order valence-electron chi connectivity index (χ4n) is 3.14. The predicted octanol–water partition coefficient (Wildman–Crippen LogP) is 2.20. The van der Waals surface area contributed by atoms with Crippen LogP contribution in [0.3, 0.4) is 0 Å². The van der Waals surface area contributed by atoms with Crippen LogP contribution in [0.5, 0.6) is 0 Å². The van der Waals surface area contributed by atoms with Crippen LogP contribution in [0.1, 0.15) is 45.4 Å². The molecule has 1 heterocycles. The van der Waals surface area contributed by atoms with Gasteiger partial charge in [0, 0.05) is 38.8 Å². The highest BCUT2D eigenvalue weighted by atomic mass is 127. The summed E-state index contributed by atoms with van der Waals surface area (Å²) in [7, 11) is 1.86. The first-order chi connectivity index (χ1) is 8.83. The normalized spacial score (nSPS) is 25.4. The summed E-state index contributed by atoms with van der Waals surface area (Å²) in [6.07, 6.45) is 8.08. The molecular formula is C14H29IN4. The number of rotatable bonds is 4. The van der Waals surface area contributed by atoms with E-state index < -0.39 is 0 Å². The summed E-state index contributed by atoms with van der Waals surface area (Å²) in [6.45, 7) is 5.63. The lowest BCUT2D eigenvalue weighted by atomic mass is 10.2. The van der Waals surface area contributed by atoms with E-state index in [0.717, 1.165) is 25.0 Å². The van der Waals surface area contributed by atoms with Gasteiger partial charge in [0.15, 0.2) is 5.96 Å².